The van der Waals surface area contributed by atoms with Crippen molar-refractivity contribution in [1.29, 1.82) is 0 Å². The Hall–Kier alpha value is -4.78. The summed E-state index contributed by atoms with van der Waals surface area (Å²) >= 11 is 0. The Morgan fingerprint density at radius 1 is 0.759 bits per heavy atom. The highest BCUT2D eigenvalue weighted by Gasteiger charge is 2.21. The number of allylic oxidation sites excluding steroid dienone is 5. The van der Waals surface area contributed by atoms with Crippen molar-refractivity contribution < 1.29 is 43.1 Å². The van der Waals surface area contributed by atoms with Crippen molar-refractivity contribution in [1.82, 2.24) is 12.3 Å². The lowest BCUT2D eigenvalue weighted by Crippen LogP contribution is -2.22. The molecule has 0 atom stereocenters. The molecule has 0 saturated carbocycles. The van der Waals surface area contributed by atoms with Gasteiger partial charge in [0.1, 0.15) is 16.7 Å². The number of anilines is 1. The second-order valence-electron chi connectivity index (χ2n) is 11.8. The summed E-state index contributed by atoms with van der Waals surface area (Å²) in [6, 6.07) is 26.1. The first-order valence-electron chi connectivity index (χ1n) is 16.2. The third kappa shape index (κ3) is 10.2. The molecule has 0 aromatic heterocycles. The van der Waals surface area contributed by atoms with Crippen molar-refractivity contribution in [2.75, 3.05) is 25.1 Å². The second kappa shape index (κ2) is 18.0. The van der Waals surface area contributed by atoms with Crippen LogP contribution >= 0.6 is 0 Å². The Morgan fingerprint density at radius 3 is 1.93 bits per heavy atom. The fraction of sp³-hybridized carbons (Fsp3) is 0.184. The zero-order valence-electron chi connectivity index (χ0n) is 30.7. The van der Waals surface area contributed by atoms with Crippen LogP contribution in [0.3, 0.4) is 0 Å². The normalized spacial score (nSPS) is 12.8. The zero-order chi connectivity index (χ0) is 37.7. The lowest BCUT2D eigenvalue weighted by atomic mass is 9.90. The van der Waals surface area contributed by atoms with Gasteiger partial charge in [-0.25, -0.2) is 13.0 Å². The largest absolute Gasteiger partial charge is 0.744 e. The van der Waals surface area contributed by atoms with E-state index in [1.165, 1.54) is 30.3 Å². The Bertz CT molecular complexity index is 2420. The maximum atomic E-state index is 12.4. The van der Waals surface area contributed by atoms with Gasteiger partial charge in [-0.2, -0.15) is 16.8 Å². The van der Waals surface area contributed by atoms with E-state index in [-0.39, 0.29) is 32.6 Å². The van der Waals surface area contributed by atoms with Gasteiger partial charge in [0.25, 0.3) is 20.2 Å². The molecule has 0 radical (unpaired) electrons. The number of hydrogen-bond acceptors (Lipinski definition) is 9. The quantitative estimate of drug-likeness (QED) is 0.0749. The summed E-state index contributed by atoms with van der Waals surface area (Å²) in [5, 5.41) is 0. The number of rotatable bonds is 13. The lowest BCUT2D eigenvalue weighted by molar-refractivity contribution is -0.539. The van der Waals surface area contributed by atoms with E-state index in [4.69, 9.17) is 0 Å². The first kappa shape index (κ1) is 43.6. The predicted molar refractivity (Wildman–Crippen MR) is 210 cm³/mol. The highest BCUT2D eigenvalue weighted by atomic mass is 32.2. The van der Waals surface area contributed by atoms with E-state index in [9.17, 15) is 34.4 Å². The van der Waals surface area contributed by atoms with Crippen LogP contribution in [0.4, 0.5) is 5.69 Å². The van der Waals surface area contributed by atoms with E-state index in [2.05, 4.69) is 8.76 Å². The minimum Gasteiger partial charge on any atom is -0.744 e. The summed E-state index contributed by atoms with van der Waals surface area (Å²) in [7, 11) is -11.9. The molecule has 1 aliphatic rings. The van der Waals surface area contributed by atoms with Gasteiger partial charge in [0.15, 0.2) is 12.3 Å². The van der Waals surface area contributed by atoms with Crippen molar-refractivity contribution in [3.05, 3.63) is 149 Å². The van der Waals surface area contributed by atoms with Crippen LogP contribution < -0.4 is 17.2 Å². The average Bonchev–Trinajstić information content (AvgIpc) is 3.13. The molecule has 0 amide bonds. The smallest absolute Gasteiger partial charge is 0.296 e. The van der Waals surface area contributed by atoms with Crippen molar-refractivity contribution >= 4 is 47.3 Å². The second-order valence-corrected chi connectivity index (χ2v) is 16.3. The van der Waals surface area contributed by atoms with Gasteiger partial charge in [-0.15, -0.1) is 0 Å². The topological polar surface area (TPSA) is 234 Å². The summed E-state index contributed by atoms with van der Waals surface area (Å²) in [5.74, 6) is 0. The van der Waals surface area contributed by atoms with Crippen LogP contribution in [0, 0.1) is 0 Å². The van der Waals surface area contributed by atoms with Crippen LogP contribution in [0.1, 0.15) is 36.1 Å². The number of nitrogens with zero attached hydrogens (tertiary/aromatic N) is 2. The van der Waals surface area contributed by atoms with Crippen molar-refractivity contribution in [3.63, 3.8) is 0 Å². The monoisotopic (exact) mass is 798 g/mol. The Balaban J connectivity index is 0.00000392. The van der Waals surface area contributed by atoms with Crippen LogP contribution in [0.15, 0.2) is 142 Å². The van der Waals surface area contributed by atoms with Crippen molar-refractivity contribution in [2.24, 2.45) is 0 Å². The molecule has 0 saturated heterocycles. The van der Waals surface area contributed by atoms with E-state index in [1.807, 2.05) is 73.4 Å². The molecule has 16 heteroatoms. The predicted octanol–water partition coefficient (Wildman–Crippen LogP) is 6.55. The fourth-order valence-corrected chi connectivity index (χ4v) is 7.93. The third-order valence-corrected chi connectivity index (χ3v) is 11.6. The standard InChI is InChI=1S/C38H38N2O9S3.2H3N/c1-4-39(26-28-10-8-12-34(24-28)50(41,42)43)32-20-16-30(17-21-32)38(36-14-6-7-15-37(36)51(44,45)46)31-18-22-33(23-19-31)40(5-2)27-29-11-9-13-35(25-29)52(47,48)49-3;;/h6-25H,4-5,26-27H2,1-3H3,(H-,41,42,43,44,45,46);2*1H3/p+2. The molecule has 5 rings (SSSR count). The van der Waals surface area contributed by atoms with Crippen LogP contribution in [-0.2, 0) is 47.6 Å². The molecule has 0 heterocycles. The summed E-state index contributed by atoms with van der Waals surface area (Å²) in [5.41, 5.74) is 5.17. The number of hydrogen-bond donors (Lipinski definition) is 3. The summed E-state index contributed by atoms with van der Waals surface area (Å²) < 4.78 is 101. The summed E-state index contributed by atoms with van der Waals surface area (Å²) in [6.07, 6.45) is 7.47. The Kier molecular flexibility index (Phi) is 14.6. The fourth-order valence-electron chi connectivity index (χ4n) is 5.96. The molecule has 4 aromatic carbocycles. The van der Waals surface area contributed by atoms with E-state index in [0.717, 1.165) is 24.1 Å². The maximum Gasteiger partial charge on any atom is 0.296 e. The zero-order valence-corrected chi connectivity index (χ0v) is 33.2. The number of quaternary nitrogens is 2. The van der Waals surface area contributed by atoms with Crippen LogP contribution in [0.5, 0.6) is 0 Å². The number of benzene rings is 4. The molecule has 9 N–H and O–H groups in total. The minimum atomic E-state index is -4.84. The third-order valence-electron chi connectivity index (χ3n) is 8.58. The molecule has 4 aromatic rings. The SMILES string of the molecule is CCN(Cc1cccc(S(=O)(=O)O)c1)c1ccc(C(=C2C=CC(=[N+](CC)Cc3cccc(S(=O)(=O)OC)c3)C=C2)c2ccccc2S(=O)(=O)[O-])cc1.[NH4+].[NH4+]. The molecular formula is C38H46N4O9S3+2. The Labute approximate surface area is 317 Å². The molecule has 0 spiro atoms. The van der Waals surface area contributed by atoms with E-state index >= 15 is 0 Å². The van der Waals surface area contributed by atoms with Gasteiger partial charge in [0.05, 0.1) is 21.8 Å². The highest BCUT2D eigenvalue weighted by Crippen LogP contribution is 2.35. The highest BCUT2D eigenvalue weighted by molar-refractivity contribution is 7.87. The van der Waals surface area contributed by atoms with Crippen LogP contribution in [-0.4, -0.2) is 64.8 Å². The van der Waals surface area contributed by atoms with Crippen LogP contribution in [0.25, 0.3) is 5.57 Å². The molecule has 1 aliphatic carbocycles. The molecule has 0 aliphatic heterocycles. The van der Waals surface area contributed by atoms with E-state index in [0.29, 0.717) is 48.5 Å². The molecule has 0 fully saturated rings. The van der Waals surface area contributed by atoms with Gasteiger partial charge in [-0.3, -0.25) is 8.74 Å². The van der Waals surface area contributed by atoms with Gasteiger partial charge in [-0.1, -0.05) is 54.6 Å². The van der Waals surface area contributed by atoms with Crippen molar-refractivity contribution in [2.45, 2.75) is 41.6 Å². The molecule has 0 unspecified atom stereocenters. The van der Waals surface area contributed by atoms with Gasteiger partial charge in [0, 0.05) is 42.1 Å². The van der Waals surface area contributed by atoms with Gasteiger partial charge in [-0.05, 0) is 90.7 Å². The van der Waals surface area contributed by atoms with Gasteiger partial charge >= 0.3 is 0 Å². The van der Waals surface area contributed by atoms with Gasteiger partial charge < -0.3 is 21.8 Å². The average molecular weight is 799 g/mol. The summed E-state index contributed by atoms with van der Waals surface area (Å²) in [4.78, 5) is 1.53. The van der Waals surface area contributed by atoms with Gasteiger partial charge in [0.2, 0.25) is 0 Å². The molecule has 288 valence electrons. The molecule has 54 heavy (non-hydrogen) atoms. The van der Waals surface area contributed by atoms with E-state index < -0.39 is 30.4 Å². The minimum absolute atomic E-state index is 0. The van der Waals surface area contributed by atoms with Crippen molar-refractivity contribution in [3.8, 4) is 0 Å². The Morgan fingerprint density at radius 2 is 1.35 bits per heavy atom. The molecular weight excluding hydrogens is 753 g/mol. The first-order chi connectivity index (χ1) is 24.6. The summed E-state index contributed by atoms with van der Waals surface area (Å²) in [6.45, 7) is 5.87. The molecule has 0 bridgehead atoms. The first-order valence-corrected chi connectivity index (χ1v) is 20.5. The molecule has 13 nitrogen and oxygen atoms in total. The van der Waals surface area contributed by atoms with E-state index in [1.54, 1.807) is 36.4 Å². The lowest BCUT2D eigenvalue weighted by Gasteiger charge is -2.24. The maximum absolute atomic E-state index is 12.4. The van der Waals surface area contributed by atoms with Crippen LogP contribution in [0.2, 0.25) is 0 Å².